The average Bonchev–Trinajstić information content (AvgIpc) is 2.27. The first kappa shape index (κ1) is 12.2. The van der Waals surface area contributed by atoms with E-state index in [9.17, 15) is 9.18 Å². The van der Waals surface area contributed by atoms with Gasteiger partial charge in [-0.15, -0.1) is 0 Å². The fraction of sp³-hybridized carbons (Fsp3) is 0.364. The van der Waals surface area contributed by atoms with Gasteiger partial charge in [-0.2, -0.15) is 0 Å². The zero-order valence-corrected chi connectivity index (χ0v) is 10.0. The number of carbonyl (C=O) groups is 1. The molecule has 2 nitrogen and oxygen atoms in total. The standard InChI is InChI=1S/C11H12BrFO2/c1-15-11(14)5-3-8-2-4-10(12)9(6-8)7-13/h2,4,6H,3,5,7H2,1H3. The second-order valence-corrected chi connectivity index (χ2v) is 3.99. The lowest BCUT2D eigenvalue weighted by Crippen LogP contribution is -2.02. The fourth-order valence-corrected chi connectivity index (χ4v) is 1.59. The molecule has 0 unspecified atom stereocenters. The SMILES string of the molecule is COC(=O)CCc1ccc(Br)c(CF)c1. The van der Waals surface area contributed by atoms with Crippen LogP contribution in [-0.4, -0.2) is 13.1 Å². The van der Waals surface area contributed by atoms with Crippen LogP contribution in [-0.2, 0) is 22.6 Å². The van der Waals surface area contributed by atoms with Crippen molar-refractivity contribution >= 4 is 21.9 Å². The van der Waals surface area contributed by atoms with Crippen LogP contribution in [0.15, 0.2) is 22.7 Å². The van der Waals surface area contributed by atoms with E-state index < -0.39 is 6.67 Å². The third-order valence-electron chi connectivity index (χ3n) is 2.10. The average molecular weight is 275 g/mol. The molecule has 0 aromatic heterocycles. The summed E-state index contributed by atoms with van der Waals surface area (Å²) in [7, 11) is 1.36. The molecule has 0 aliphatic carbocycles. The van der Waals surface area contributed by atoms with Crippen LogP contribution in [0.1, 0.15) is 17.5 Å². The minimum Gasteiger partial charge on any atom is -0.469 e. The summed E-state index contributed by atoms with van der Waals surface area (Å²) in [6, 6.07) is 5.42. The Morgan fingerprint density at radius 3 is 2.87 bits per heavy atom. The molecule has 0 saturated carbocycles. The van der Waals surface area contributed by atoms with Crippen LogP contribution < -0.4 is 0 Å². The molecule has 0 N–H and O–H groups in total. The monoisotopic (exact) mass is 274 g/mol. The van der Waals surface area contributed by atoms with Gasteiger partial charge >= 0.3 is 5.97 Å². The number of rotatable bonds is 4. The van der Waals surface area contributed by atoms with Crippen molar-refractivity contribution in [2.24, 2.45) is 0 Å². The first-order chi connectivity index (χ1) is 7.17. The zero-order valence-electron chi connectivity index (χ0n) is 8.43. The van der Waals surface area contributed by atoms with Gasteiger partial charge in [-0.25, -0.2) is 4.39 Å². The summed E-state index contributed by atoms with van der Waals surface area (Å²) in [5.41, 5.74) is 1.55. The fourth-order valence-electron chi connectivity index (χ4n) is 1.23. The summed E-state index contributed by atoms with van der Waals surface area (Å²) >= 11 is 3.25. The molecule has 0 spiro atoms. The number of hydrogen-bond donors (Lipinski definition) is 0. The van der Waals surface area contributed by atoms with E-state index in [1.807, 2.05) is 6.07 Å². The van der Waals surface area contributed by atoms with Crippen molar-refractivity contribution in [1.82, 2.24) is 0 Å². The molecule has 0 heterocycles. The molecule has 15 heavy (non-hydrogen) atoms. The highest BCUT2D eigenvalue weighted by molar-refractivity contribution is 9.10. The van der Waals surface area contributed by atoms with Crippen molar-refractivity contribution < 1.29 is 13.9 Å². The zero-order chi connectivity index (χ0) is 11.3. The number of alkyl halides is 1. The van der Waals surface area contributed by atoms with Gasteiger partial charge in [0.05, 0.1) is 7.11 Å². The third kappa shape index (κ3) is 3.63. The van der Waals surface area contributed by atoms with Crippen molar-refractivity contribution in [3.05, 3.63) is 33.8 Å². The minimum atomic E-state index is -0.507. The molecule has 0 amide bonds. The van der Waals surface area contributed by atoms with Gasteiger partial charge in [0, 0.05) is 10.9 Å². The number of esters is 1. The van der Waals surface area contributed by atoms with Crippen LogP contribution in [0.3, 0.4) is 0 Å². The third-order valence-corrected chi connectivity index (χ3v) is 2.87. The quantitative estimate of drug-likeness (QED) is 0.789. The van der Waals surface area contributed by atoms with Gasteiger partial charge in [0.15, 0.2) is 0 Å². The number of aryl methyl sites for hydroxylation is 1. The number of methoxy groups -OCH3 is 1. The van der Waals surface area contributed by atoms with Crippen molar-refractivity contribution in [2.75, 3.05) is 7.11 Å². The number of ether oxygens (including phenoxy) is 1. The number of benzene rings is 1. The Labute approximate surface area is 96.6 Å². The van der Waals surface area contributed by atoms with Gasteiger partial charge in [-0.05, 0) is 23.6 Å². The topological polar surface area (TPSA) is 26.3 Å². The smallest absolute Gasteiger partial charge is 0.305 e. The van der Waals surface area contributed by atoms with E-state index in [0.29, 0.717) is 18.4 Å². The molecule has 0 saturated heterocycles. The maximum absolute atomic E-state index is 12.5. The molecular formula is C11H12BrFO2. The number of halogens is 2. The molecule has 0 aliphatic rings. The lowest BCUT2D eigenvalue weighted by Gasteiger charge is -2.04. The first-order valence-corrected chi connectivity index (χ1v) is 5.36. The summed E-state index contributed by atoms with van der Waals surface area (Å²) in [6.07, 6.45) is 0.900. The van der Waals surface area contributed by atoms with Crippen LogP contribution >= 0.6 is 15.9 Å². The highest BCUT2D eigenvalue weighted by Crippen LogP contribution is 2.20. The maximum Gasteiger partial charge on any atom is 0.305 e. The van der Waals surface area contributed by atoms with Crippen LogP contribution in [0.25, 0.3) is 0 Å². The summed E-state index contributed by atoms with van der Waals surface area (Å²) in [5.74, 6) is -0.250. The van der Waals surface area contributed by atoms with Crippen LogP contribution in [0.5, 0.6) is 0 Å². The Morgan fingerprint density at radius 2 is 2.27 bits per heavy atom. The first-order valence-electron chi connectivity index (χ1n) is 4.57. The van der Waals surface area contributed by atoms with E-state index in [-0.39, 0.29) is 5.97 Å². The van der Waals surface area contributed by atoms with E-state index in [1.165, 1.54) is 7.11 Å². The Hall–Kier alpha value is -0.900. The molecule has 4 heteroatoms. The Morgan fingerprint density at radius 1 is 1.53 bits per heavy atom. The van der Waals surface area contributed by atoms with Crippen molar-refractivity contribution in [3.8, 4) is 0 Å². The van der Waals surface area contributed by atoms with Crippen molar-refractivity contribution in [3.63, 3.8) is 0 Å². The molecule has 0 atom stereocenters. The molecule has 82 valence electrons. The molecule has 0 aliphatic heterocycles. The van der Waals surface area contributed by atoms with E-state index in [1.54, 1.807) is 12.1 Å². The molecule has 0 radical (unpaired) electrons. The van der Waals surface area contributed by atoms with Gasteiger partial charge < -0.3 is 4.74 Å². The summed E-state index contributed by atoms with van der Waals surface area (Å²) in [5, 5.41) is 0. The molecule has 1 aromatic rings. The Kier molecular flexibility index (Phi) is 4.75. The summed E-state index contributed by atoms with van der Waals surface area (Å²) in [4.78, 5) is 10.9. The molecule has 0 fully saturated rings. The molecule has 1 aromatic carbocycles. The van der Waals surface area contributed by atoms with Crippen LogP contribution in [0, 0.1) is 0 Å². The second-order valence-electron chi connectivity index (χ2n) is 3.14. The van der Waals surface area contributed by atoms with Gasteiger partial charge in [0.25, 0.3) is 0 Å². The van der Waals surface area contributed by atoms with Gasteiger partial charge in [0.1, 0.15) is 6.67 Å². The largest absolute Gasteiger partial charge is 0.469 e. The second kappa shape index (κ2) is 5.85. The van der Waals surface area contributed by atoms with E-state index in [0.717, 1.165) is 10.0 Å². The van der Waals surface area contributed by atoms with Gasteiger partial charge in [-0.3, -0.25) is 4.79 Å². The Balaban J connectivity index is 2.66. The predicted molar refractivity (Wildman–Crippen MR) is 59.3 cm³/mol. The van der Waals surface area contributed by atoms with E-state index in [4.69, 9.17) is 0 Å². The highest BCUT2D eigenvalue weighted by Gasteiger charge is 2.04. The van der Waals surface area contributed by atoms with Crippen molar-refractivity contribution in [1.29, 1.82) is 0 Å². The van der Waals surface area contributed by atoms with Crippen LogP contribution in [0.2, 0.25) is 0 Å². The number of hydrogen-bond acceptors (Lipinski definition) is 2. The normalized spacial score (nSPS) is 10.1. The van der Waals surface area contributed by atoms with Crippen molar-refractivity contribution in [2.45, 2.75) is 19.5 Å². The lowest BCUT2D eigenvalue weighted by molar-refractivity contribution is -0.140. The van der Waals surface area contributed by atoms with E-state index >= 15 is 0 Å². The summed E-state index contributed by atoms with van der Waals surface area (Å²) < 4.78 is 17.8. The Bertz CT molecular complexity index is 352. The maximum atomic E-state index is 12.5. The van der Waals surface area contributed by atoms with Gasteiger partial charge in [-0.1, -0.05) is 28.1 Å². The van der Waals surface area contributed by atoms with Gasteiger partial charge in [0.2, 0.25) is 0 Å². The minimum absolute atomic E-state index is 0.250. The van der Waals surface area contributed by atoms with E-state index in [2.05, 4.69) is 20.7 Å². The highest BCUT2D eigenvalue weighted by atomic mass is 79.9. The lowest BCUT2D eigenvalue weighted by atomic mass is 10.1. The molecule has 1 rings (SSSR count). The summed E-state index contributed by atoms with van der Waals surface area (Å²) in [6.45, 7) is -0.507. The molecule has 0 bridgehead atoms. The molecular weight excluding hydrogens is 263 g/mol. The predicted octanol–water partition coefficient (Wildman–Crippen LogP) is 3.02. The number of carbonyl (C=O) groups excluding carboxylic acids is 1. The van der Waals surface area contributed by atoms with Crippen LogP contribution in [0.4, 0.5) is 4.39 Å².